The van der Waals surface area contributed by atoms with Crippen molar-refractivity contribution in [1.29, 1.82) is 0 Å². The Morgan fingerprint density at radius 1 is 1.06 bits per heavy atom. The second kappa shape index (κ2) is 9.16. The van der Waals surface area contributed by atoms with Crippen LogP contribution in [-0.4, -0.2) is 61.5 Å². The maximum Gasteiger partial charge on any atom is 0.245 e. The van der Waals surface area contributed by atoms with E-state index in [0.29, 0.717) is 30.4 Å². The number of ether oxygens (including phenoxy) is 2. The Morgan fingerprint density at radius 2 is 1.77 bits per heavy atom. The van der Waals surface area contributed by atoms with E-state index >= 15 is 0 Å². The van der Waals surface area contributed by atoms with E-state index in [4.69, 9.17) is 9.47 Å². The molecule has 4 rings (SSSR count). The van der Waals surface area contributed by atoms with Crippen LogP contribution >= 0.6 is 0 Å². The molecule has 1 N–H and O–H groups in total. The van der Waals surface area contributed by atoms with Crippen molar-refractivity contribution < 1.29 is 23.9 Å². The van der Waals surface area contributed by atoms with E-state index in [2.05, 4.69) is 5.32 Å². The lowest BCUT2D eigenvalue weighted by atomic mass is 9.99. The third kappa shape index (κ3) is 4.62. The lowest BCUT2D eigenvalue weighted by molar-refractivity contribution is -0.139. The smallest absolute Gasteiger partial charge is 0.245 e. The molecule has 2 atom stereocenters. The molecule has 31 heavy (non-hydrogen) atoms. The summed E-state index contributed by atoms with van der Waals surface area (Å²) in [6.07, 6.45) is 3.28. The zero-order valence-electron chi connectivity index (χ0n) is 18.3. The van der Waals surface area contributed by atoms with E-state index in [1.807, 2.05) is 24.8 Å². The molecule has 3 amide bonds. The second-order valence-electron chi connectivity index (χ2n) is 8.85. The van der Waals surface area contributed by atoms with Crippen LogP contribution < -0.4 is 19.7 Å². The summed E-state index contributed by atoms with van der Waals surface area (Å²) in [7, 11) is 0. The molecule has 3 heterocycles. The minimum absolute atomic E-state index is 0.0175. The number of amides is 3. The van der Waals surface area contributed by atoms with Crippen molar-refractivity contribution in [2.24, 2.45) is 11.8 Å². The minimum Gasteiger partial charge on any atom is -0.486 e. The monoisotopic (exact) mass is 429 g/mol. The summed E-state index contributed by atoms with van der Waals surface area (Å²) in [5.41, 5.74) is 0.689. The van der Waals surface area contributed by atoms with Crippen LogP contribution in [0.4, 0.5) is 5.69 Å². The summed E-state index contributed by atoms with van der Waals surface area (Å²) in [6, 6.07) is 4.81. The Kier molecular flexibility index (Phi) is 6.34. The highest BCUT2D eigenvalue weighted by Crippen LogP contribution is 2.36. The Morgan fingerprint density at radius 3 is 2.48 bits per heavy atom. The molecule has 8 nitrogen and oxygen atoms in total. The number of hydrogen-bond donors (Lipinski definition) is 1. The largest absolute Gasteiger partial charge is 0.486 e. The van der Waals surface area contributed by atoms with Gasteiger partial charge in [0, 0.05) is 37.8 Å². The number of anilines is 1. The average Bonchev–Trinajstić information content (AvgIpc) is 3.18. The molecule has 0 bridgehead atoms. The van der Waals surface area contributed by atoms with Crippen molar-refractivity contribution in [2.75, 3.05) is 37.7 Å². The lowest BCUT2D eigenvalue weighted by Crippen LogP contribution is -2.53. The third-order valence-corrected chi connectivity index (χ3v) is 6.23. The second-order valence-corrected chi connectivity index (χ2v) is 8.85. The van der Waals surface area contributed by atoms with Gasteiger partial charge in [-0.1, -0.05) is 13.8 Å². The summed E-state index contributed by atoms with van der Waals surface area (Å²) in [5, 5.41) is 2.94. The predicted octanol–water partition coefficient (Wildman–Crippen LogP) is 1.96. The van der Waals surface area contributed by atoms with E-state index in [1.165, 1.54) is 0 Å². The highest BCUT2D eigenvalue weighted by atomic mass is 16.6. The maximum absolute atomic E-state index is 13.0. The van der Waals surface area contributed by atoms with Crippen LogP contribution in [0.2, 0.25) is 0 Å². The Hall–Kier alpha value is -2.77. The van der Waals surface area contributed by atoms with Gasteiger partial charge in [-0.2, -0.15) is 0 Å². The molecule has 2 unspecified atom stereocenters. The molecule has 3 aliphatic rings. The van der Waals surface area contributed by atoms with Crippen molar-refractivity contribution >= 4 is 23.4 Å². The molecular formula is C23H31N3O5. The van der Waals surface area contributed by atoms with Gasteiger partial charge in [0.1, 0.15) is 19.3 Å². The molecule has 1 aromatic carbocycles. The molecule has 1 aromatic rings. The number of carbonyl (C=O) groups excluding carboxylic acids is 3. The normalized spacial score (nSPS) is 21.9. The molecule has 0 aliphatic carbocycles. The van der Waals surface area contributed by atoms with E-state index in [1.54, 1.807) is 17.0 Å². The van der Waals surface area contributed by atoms with Gasteiger partial charge in [-0.05, 0) is 37.3 Å². The van der Waals surface area contributed by atoms with Gasteiger partial charge in [0.2, 0.25) is 17.7 Å². The van der Waals surface area contributed by atoms with E-state index in [0.717, 1.165) is 32.4 Å². The Balaban J connectivity index is 1.41. The van der Waals surface area contributed by atoms with Crippen LogP contribution in [0.1, 0.15) is 39.5 Å². The van der Waals surface area contributed by atoms with Gasteiger partial charge in [-0.3, -0.25) is 14.4 Å². The molecule has 2 fully saturated rings. The first kappa shape index (κ1) is 21.5. The first-order chi connectivity index (χ1) is 14.9. The number of likely N-dealkylation sites (tertiary alicyclic amines) is 1. The number of benzene rings is 1. The van der Waals surface area contributed by atoms with Crippen LogP contribution in [0.5, 0.6) is 11.5 Å². The zero-order chi connectivity index (χ0) is 22.0. The quantitative estimate of drug-likeness (QED) is 0.773. The van der Waals surface area contributed by atoms with Gasteiger partial charge in [-0.25, -0.2) is 0 Å². The zero-order valence-corrected chi connectivity index (χ0v) is 18.3. The molecule has 0 spiro atoms. The molecule has 3 aliphatic heterocycles. The van der Waals surface area contributed by atoms with Crippen molar-refractivity contribution in [2.45, 2.75) is 45.6 Å². The number of hydrogen-bond acceptors (Lipinski definition) is 5. The predicted molar refractivity (Wildman–Crippen MR) is 115 cm³/mol. The first-order valence-electron chi connectivity index (χ1n) is 11.2. The van der Waals surface area contributed by atoms with Crippen LogP contribution in [0, 0.1) is 11.8 Å². The molecule has 168 valence electrons. The summed E-state index contributed by atoms with van der Waals surface area (Å²) in [4.78, 5) is 42.1. The molecule has 8 heteroatoms. The van der Waals surface area contributed by atoms with Gasteiger partial charge in [0.25, 0.3) is 0 Å². The van der Waals surface area contributed by atoms with E-state index < -0.39 is 12.0 Å². The van der Waals surface area contributed by atoms with Gasteiger partial charge in [0.05, 0.1) is 5.92 Å². The minimum atomic E-state index is -0.566. The molecular weight excluding hydrogens is 398 g/mol. The summed E-state index contributed by atoms with van der Waals surface area (Å²) in [5.74, 6) is 0.387. The van der Waals surface area contributed by atoms with Crippen molar-refractivity contribution in [3.8, 4) is 11.5 Å². The van der Waals surface area contributed by atoms with Crippen LogP contribution in [0.15, 0.2) is 18.2 Å². The fourth-order valence-corrected chi connectivity index (χ4v) is 4.43. The van der Waals surface area contributed by atoms with Gasteiger partial charge in [-0.15, -0.1) is 0 Å². The number of fused-ring (bicyclic) bond motifs is 1. The number of nitrogens with one attached hydrogen (secondary N) is 1. The van der Waals surface area contributed by atoms with Crippen LogP contribution in [0.3, 0.4) is 0 Å². The fourth-order valence-electron chi connectivity index (χ4n) is 4.43. The lowest BCUT2D eigenvalue weighted by Gasteiger charge is -2.32. The standard InChI is InChI=1S/C23H31N3O5/c1-15(2)21(23(29)25-8-4-3-5-9-25)24-22(28)16-12-20(27)26(14-16)17-6-7-18-19(13-17)31-11-10-30-18/h6-7,13,15-16,21H,3-5,8-12,14H2,1-2H3,(H,24,28). The SMILES string of the molecule is CC(C)C(NC(=O)C1CC(=O)N(c2ccc3c(c2)OCCO3)C1)C(=O)N1CCCCC1. The molecule has 2 saturated heterocycles. The van der Waals surface area contributed by atoms with Crippen LogP contribution in [0.25, 0.3) is 0 Å². The van der Waals surface area contributed by atoms with Crippen LogP contribution in [-0.2, 0) is 14.4 Å². The highest BCUT2D eigenvalue weighted by Gasteiger charge is 2.38. The number of rotatable bonds is 5. The van der Waals surface area contributed by atoms with Gasteiger partial charge < -0.3 is 24.6 Å². The fraction of sp³-hybridized carbons (Fsp3) is 0.609. The summed E-state index contributed by atoms with van der Waals surface area (Å²) >= 11 is 0. The Bertz CT molecular complexity index is 850. The highest BCUT2D eigenvalue weighted by molar-refractivity contribution is 6.01. The molecule has 0 radical (unpaired) electrons. The summed E-state index contributed by atoms with van der Waals surface area (Å²) < 4.78 is 11.1. The topological polar surface area (TPSA) is 88.2 Å². The van der Waals surface area contributed by atoms with Crippen molar-refractivity contribution in [3.63, 3.8) is 0 Å². The van der Waals surface area contributed by atoms with E-state index in [9.17, 15) is 14.4 Å². The van der Waals surface area contributed by atoms with Gasteiger partial charge in [0.15, 0.2) is 11.5 Å². The first-order valence-corrected chi connectivity index (χ1v) is 11.2. The molecule has 0 aromatic heterocycles. The number of piperidine rings is 1. The average molecular weight is 430 g/mol. The van der Waals surface area contributed by atoms with E-state index in [-0.39, 0.29) is 36.6 Å². The third-order valence-electron chi connectivity index (χ3n) is 6.23. The van der Waals surface area contributed by atoms with Crippen molar-refractivity contribution in [3.05, 3.63) is 18.2 Å². The Labute approximate surface area is 182 Å². The van der Waals surface area contributed by atoms with Crippen molar-refractivity contribution in [1.82, 2.24) is 10.2 Å². The molecule has 0 saturated carbocycles. The number of carbonyl (C=O) groups is 3. The maximum atomic E-state index is 13.0. The van der Waals surface area contributed by atoms with Gasteiger partial charge >= 0.3 is 0 Å². The number of nitrogens with zero attached hydrogens (tertiary/aromatic N) is 2. The summed E-state index contributed by atoms with van der Waals surface area (Å²) in [6.45, 7) is 6.63.